The Labute approximate surface area is 129 Å². The summed E-state index contributed by atoms with van der Waals surface area (Å²) >= 11 is 5.97. The molecule has 3 heteroatoms. The molecule has 0 saturated heterocycles. The third kappa shape index (κ3) is 2.35. The van der Waals surface area contributed by atoms with Crippen LogP contribution in [-0.2, 0) is 7.05 Å². The van der Waals surface area contributed by atoms with Crippen molar-refractivity contribution in [2.45, 2.75) is 12.8 Å². The van der Waals surface area contributed by atoms with Gasteiger partial charge in [-0.2, -0.15) is 0 Å². The van der Waals surface area contributed by atoms with E-state index in [0.29, 0.717) is 5.02 Å². The molecule has 0 aliphatic heterocycles. The predicted octanol–water partition coefficient (Wildman–Crippen LogP) is 4.26. The van der Waals surface area contributed by atoms with E-state index in [4.69, 9.17) is 11.6 Å². The molecule has 0 spiro atoms. The van der Waals surface area contributed by atoms with Gasteiger partial charge < -0.3 is 9.67 Å². The highest BCUT2D eigenvalue weighted by atomic mass is 35.5. The van der Waals surface area contributed by atoms with Crippen LogP contribution < -0.4 is 0 Å². The van der Waals surface area contributed by atoms with Crippen molar-refractivity contribution in [2.24, 2.45) is 7.05 Å². The van der Waals surface area contributed by atoms with E-state index in [1.807, 2.05) is 36.4 Å². The summed E-state index contributed by atoms with van der Waals surface area (Å²) in [6.45, 7) is 2.18. The third-order valence-electron chi connectivity index (χ3n) is 4.25. The summed E-state index contributed by atoms with van der Waals surface area (Å²) in [6, 6.07) is 16.1. The Kier molecular flexibility index (Phi) is 3.75. The number of hydrogen-bond donors (Lipinski definition) is 1. The summed E-state index contributed by atoms with van der Waals surface area (Å²) < 4.78 is 2.18. The van der Waals surface area contributed by atoms with Crippen molar-refractivity contribution in [2.75, 3.05) is 6.61 Å². The van der Waals surface area contributed by atoms with Crippen molar-refractivity contribution in [3.8, 4) is 0 Å². The highest BCUT2D eigenvalue weighted by molar-refractivity contribution is 6.30. The molecule has 2 aromatic carbocycles. The molecule has 1 N–H and O–H groups in total. The van der Waals surface area contributed by atoms with Gasteiger partial charge in [-0.1, -0.05) is 41.9 Å². The molecule has 2 nitrogen and oxygen atoms in total. The van der Waals surface area contributed by atoms with E-state index in [1.54, 1.807) is 0 Å². The van der Waals surface area contributed by atoms with Crippen LogP contribution in [0.2, 0.25) is 5.02 Å². The molecule has 3 aromatic rings. The van der Waals surface area contributed by atoms with Crippen LogP contribution >= 0.6 is 11.6 Å². The Hall–Kier alpha value is -1.77. The number of fused-ring (bicyclic) bond motifs is 1. The zero-order valence-corrected chi connectivity index (χ0v) is 12.9. The summed E-state index contributed by atoms with van der Waals surface area (Å²) in [5.74, 6) is -0.0339. The van der Waals surface area contributed by atoms with Crippen molar-refractivity contribution < 1.29 is 5.11 Å². The maximum absolute atomic E-state index is 9.95. The molecule has 0 bridgehead atoms. The number of para-hydroxylation sites is 1. The Morgan fingerprint density at radius 2 is 1.76 bits per heavy atom. The first kappa shape index (κ1) is 14.2. The number of halogens is 1. The first-order valence-electron chi connectivity index (χ1n) is 7.03. The molecule has 1 atom stereocenters. The lowest BCUT2D eigenvalue weighted by molar-refractivity contribution is 0.280. The van der Waals surface area contributed by atoms with Crippen LogP contribution in [0.4, 0.5) is 0 Å². The van der Waals surface area contributed by atoms with Crippen LogP contribution in [0.25, 0.3) is 10.9 Å². The standard InChI is InChI=1S/C18H18ClNO/c1-12-18(15-5-3-4-6-17(15)20(12)2)16(11-21)13-7-9-14(19)10-8-13/h3-10,16,21H,11H2,1-2H3. The minimum absolute atomic E-state index is 0.0339. The van der Waals surface area contributed by atoms with Gasteiger partial charge >= 0.3 is 0 Å². The molecule has 3 rings (SSSR count). The Morgan fingerprint density at radius 1 is 1.10 bits per heavy atom. The van der Waals surface area contributed by atoms with Crippen molar-refractivity contribution in [3.05, 3.63) is 70.4 Å². The zero-order chi connectivity index (χ0) is 15.0. The average molecular weight is 300 g/mol. The molecule has 0 amide bonds. The topological polar surface area (TPSA) is 25.2 Å². The quantitative estimate of drug-likeness (QED) is 0.768. The van der Waals surface area contributed by atoms with Crippen LogP contribution in [0.3, 0.4) is 0 Å². The summed E-state index contributed by atoms with van der Waals surface area (Å²) in [4.78, 5) is 0. The number of rotatable bonds is 3. The predicted molar refractivity (Wildman–Crippen MR) is 88.0 cm³/mol. The molecular formula is C18H18ClNO. The molecule has 0 aliphatic carbocycles. The monoisotopic (exact) mass is 299 g/mol. The average Bonchev–Trinajstić information content (AvgIpc) is 2.76. The Morgan fingerprint density at radius 3 is 2.43 bits per heavy atom. The first-order chi connectivity index (χ1) is 10.1. The van der Waals surface area contributed by atoms with Crippen molar-refractivity contribution in [1.82, 2.24) is 4.57 Å². The van der Waals surface area contributed by atoms with Crippen LogP contribution in [0.1, 0.15) is 22.7 Å². The summed E-state index contributed by atoms with van der Waals surface area (Å²) in [5, 5.41) is 11.9. The maximum Gasteiger partial charge on any atom is 0.0541 e. The first-order valence-corrected chi connectivity index (χ1v) is 7.41. The molecule has 21 heavy (non-hydrogen) atoms. The van der Waals surface area contributed by atoms with Gasteiger partial charge in [-0.05, 0) is 36.2 Å². The van der Waals surface area contributed by atoms with Crippen molar-refractivity contribution >= 4 is 22.5 Å². The lowest BCUT2D eigenvalue weighted by Crippen LogP contribution is -2.07. The molecule has 0 aliphatic rings. The SMILES string of the molecule is Cc1c(C(CO)c2ccc(Cl)cc2)c2ccccc2n1C. The van der Waals surface area contributed by atoms with Gasteiger partial charge in [0.15, 0.2) is 0 Å². The van der Waals surface area contributed by atoms with Crippen LogP contribution in [0, 0.1) is 6.92 Å². The number of aromatic nitrogens is 1. The van der Waals surface area contributed by atoms with Gasteiger partial charge in [0.05, 0.1) is 6.61 Å². The molecule has 0 saturated carbocycles. The van der Waals surface area contributed by atoms with E-state index in [1.165, 1.54) is 22.2 Å². The lowest BCUT2D eigenvalue weighted by Gasteiger charge is -2.16. The summed E-state index contributed by atoms with van der Waals surface area (Å²) in [7, 11) is 2.07. The van der Waals surface area contributed by atoms with Gasteiger partial charge in [0.2, 0.25) is 0 Å². The van der Waals surface area contributed by atoms with Gasteiger partial charge in [0.1, 0.15) is 0 Å². The van der Waals surface area contributed by atoms with E-state index >= 15 is 0 Å². The molecule has 1 aromatic heterocycles. The fraction of sp³-hybridized carbons (Fsp3) is 0.222. The van der Waals surface area contributed by atoms with E-state index in [2.05, 4.69) is 30.7 Å². The fourth-order valence-corrected chi connectivity index (χ4v) is 3.17. The van der Waals surface area contributed by atoms with Crippen LogP contribution in [-0.4, -0.2) is 16.3 Å². The number of hydrogen-bond acceptors (Lipinski definition) is 1. The number of aryl methyl sites for hydroxylation is 1. The molecule has 1 heterocycles. The van der Waals surface area contributed by atoms with E-state index in [9.17, 15) is 5.11 Å². The fourth-order valence-electron chi connectivity index (χ4n) is 3.05. The van der Waals surface area contributed by atoms with Gasteiger partial charge in [-0.3, -0.25) is 0 Å². The van der Waals surface area contributed by atoms with Gasteiger partial charge in [0, 0.05) is 34.6 Å². The van der Waals surface area contributed by atoms with Gasteiger partial charge in [-0.15, -0.1) is 0 Å². The second-order valence-corrected chi connectivity index (χ2v) is 5.80. The molecular weight excluding hydrogens is 282 g/mol. The van der Waals surface area contributed by atoms with Crippen molar-refractivity contribution in [3.63, 3.8) is 0 Å². The lowest BCUT2D eigenvalue weighted by atomic mass is 9.90. The summed E-state index contributed by atoms with van der Waals surface area (Å²) in [6.07, 6.45) is 0. The summed E-state index contributed by atoms with van der Waals surface area (Å²) in [5.41, 5.74) is 4.65. The number of benzene rings is 2. The maximum atomic E-state index is 9.95. The highest BCUT2D eigenvalue weighted by Crippen LogP contribution is 2.35. The molecule has 108 valence electrons. The minimum atomic E-state index is -0.0339. The zero-order valence-electron chi connectivity index (χ0n) is 12.2. The largest absolute Gasteiger partial charge is 0.395 e. The number of aliphatic hydroxyl groups is 1. The van der Waals surface area contributed by atoms with Crippen LogP contribution in [0.15, 0.2) is 48.5 Å². The molecule has 1 unspecified atom stereocenters. The van der Waals surface area contributed by atoms with E-state index in [-0.39, 0.29) is 12.5 Å². The van der Waals surface area contributed by atoms with E-state index in [0.717, 1.165) is 5.56 Å². The van der Waals surface area contributed by atoms with Crippen molar-refractivity contribution in [1.29, 1.82) is 0 Å². The molecule has 0 fully saturated rings. The number of aliphatic hydroxyl groups excluding tert-OH is 1. The normalized spacial score (nSPS) is 12.8. The minimum Gasteiger partial charge on any atom is -0.395 e. The highest BCUT2D eigenvalue weighted by Gasteiger charge is 2.21. The Balaban J connectivity index is 2.22. The second kappa shape index (κ2) is 5.55. The number of nitrogens with zero attached hydrogens (tertiary/aromatic N) is 1. The Bertz CT molecular complexity index is 774. The second-order valence-electron chi connectivity index (χ2n) is 5.36. The van der Waals surface area contributed by atoms with Crippen LogP contribution in [0.5, 0.6) is 0 Å². The van der Waals surface area contributed by atoms with Gasteiger partial charge in [-0.25, -0.2) is 0 Å². The van der Waals surface area contributed by atoms with E-state index < -0.39 is 0 Å². The third-order valence-corrected chi connectivity index (χ3v) is 4.50. The molecule has 0 radical (unpaired) electrons. The van der Waals surface area contributed by atoms with Gasteiger partial charge in [0.25, 0.3) is 0 Å². The smallest absolute Gasteiger partial charge is 0.0541 e.